The highest BCUT2D eigenvalue weighted by molar-refractivity contribution is 5.14. The molecule has 92 valence electrons. The van der Waals surface area contributed by atoms with Gasteiger partial charge in [-0.25, -0.2) is 0 Å². The van der Waals surface area contributed by atoms with Crippen molar-refractivity contribution in [3.63, 3.8) is 0 Å². The van der Waals surface area contributed by atoms with Crippen molar-refractivity contribution in [2.75, 3.05) is 0 Å². The molecular formula is C13H19N3O. The van der Waals surface area contributed by atoms with E-state index in [1.807, 2.05) is 39.0 Å². The van der Waals surface area contributed by atoms with Gasteiger partial charge in [0, 0.05) is 4.91 Å². The number of hydrogen-bond acceptors (Lipinski definition) is 2. The zero-order chi connectivity index (χ0) is 12.7. The smallest absolute Gasteiger partial charge is 0.137 e. The minimum Gasteiger partial charge on any atom is -0.367 e. The summed E-state index contributed by atoms with van der Waals surface area (Å²) in [6.45, 7) is 5.86. The maximum Gasteiger partial charge on any atom is 0.137 e. The van der Waals surface area contributed by atoms with E-state index in [1.165, 1.54) is 5.56 Å². The molecule has 0 N–H and O–H groups in total. The Balaban J connectivity index is 2.53. The first-order chi connectivity index (χ1) is 8.01. The van der Waals surface area contributed by atoms with Crippen molar-refractivity contribution in [1.82, 2.24) is 0 Å². The van der Waals surface area contributed by atoms with Crippen LogP contribution in [0, 0.1) is 0 Å². The van der Waals surface area contributed by atoms with Gasteiger partial charge in [-0.15, -0.1) is 0 Å². The van der Waals surface area contributed by atoms with Crippen LogP contribution in [-0.4, -0.2) is 11.8 Å². The third-order valence-corrected chi connectivity index (χ3v) is 2.19. The van der Waals surface area contributed by atoms with Crippen LogP contribution in [0.25, 0.3) is 10.4 Å². The predicted molar refractivity (Wildman–Crippen MR) is 68.5 cm³/mol. The first kappa shape index (κ1) is 13.6. The molecule has 0 saturated heterocycles. The lowest BCUT2D eigenvalue weighted by Crippen LogP contribution is -2.26. The van der Waals surface area contributed by atoms with Gasteiger partial charge < -0.3 is 4.74 Å². The van der Waals surface area contributed by atoms with E-state index < -0.39 is 6.23 Å². The van der Waals surface area contributed by atoms with E-state index in [2.05, 4.69) is 22.2 Å². The molecule has 17 heavy (non-hydrogen) atoms. The Bertz CT molecular complexity index is 377. The number of benzene rings is 1. The van der Waals surface area contributed by atoms with Crippen LogP contribution in [0.15, 0.2) is 35.4 Å². The molecule has 1 aromatic rings. The fourth-order valence-corrected chi connectivity index (χ4v) is 1.54. The van der Waals surface area contributed by atoms with Gasteiger partial charge in [0.15, 0.2) is 0 Å². The van der Waals surface area contributed by atoms with Crippen LogP contribution in [-0.2, 0) is 11.2 Å². The zero-order valence-corrected chi connectivity index (χ0v) is 10.6. The number of rotatable bonds is 5. The van der Waals surface area contributed by atoms with Gasteiger partial charge in [-0.3, -0.25) is 0 Å². The van der Waals surface area contributed by atoms with Gasteiger partial charge in [0.25, 0.3) is 0 Å². The molecule has 0 heterocycles. The molecule has 0 spiro atoms. The maximum absolute atomic E-state index is 8.51. The second-order valence-corrected chi connectivity index (χ2v) is 4.91. The number of ether oxygens (including phenoxy) is 1. The van der Waals surface area contributed by atoms with Crippen LogP contribution in [0.3, 0.4) is 0 Å². The summed E-state index contributed by atoms with van der Waals surface area (Å²) in [7, 11) is 0. The van der Waals surface area contributed by atoms with Crippen molar-refractivity contribution in [1.29, 1.82) is 0 Å². The highest BCUT2D eigenvalue weighted by Crippen LogP contribution is 2.16. The summed E-state index contributed by atoms with van der Waals surface area (Å²) in [6, 6.07) is 10.1. The van der Waals surface area contributed by atoms with Gasteiger partial charge in [-0.1, -0.05) is 35.4 Å². The molecule has 0 radical (unpaired) electrons. The largest absolute Gasteiger partial charge is 0.367 e. The average molecular weight is 233 g/mol. The lowest BCUT2D eigenvalue weighted by atomic mass is 10.1. The molecule has 4 heteroatoms. The third-order valence-electron chi connectivity index (χ3n) is 2.19. The summed E-state index contributed by atoms with van der Waals surface area (Å²) in [5.74, 6) is 0. The fraction of sp³-hybridized carbons (Fsp3) is 0.538. The average Bonchev–Trinajstić information content (AvgIpc) is 2.26. The van der Waals surface area contributed by atoms with E-state index in [-0.39, 0.29) is 5.60 Å². The lowest BCUT2D eigenvalue weighted by molar-refractivity contribution is -0.0593. The summed E-state index contributed by atoms with van der Waals surface area (Å²) in [4.78, 5) is 2.83. The molecule has 1 aromatic carbocycles. The van der Waals surface area contributed by atoms with Gasteiger partial charge in [0.2, 0.25) is 0 Å². The zero-order valence-electron chi connectivity index (χ0n) is 10.6. The van der Waals surface area contributed by atoms with Crippen molar-refractivity contribution in [3.05, 3.63) is 46.3 Å². The number of azide groups is 1. The minimum absolute atomic E-state index is 0.296. The molecule has 0 fully saturated rings. The van der Waals surface area contributed by atoms with Crippen LogP contribution in [0.2, 0.25) is 0 Å². The Labute approximate surface area is 102 Å². The topological polar surface area (TPSA) is 58.0 Å². The van der Waals surface area contributed by atoms with E-state index in [0.29, 0.717) is 6.42 Å². The number of aryl methyl sites for hydroxylation is 1. The summed E-state index contributed by atoms with van der Waals surface area (Å²) < 4.78 is 5.68. The minimum atomic E-state index is -0.403. The van der Waals surface area contributed by atoms with Crippen LogP contribution in [0.4, 0.5) is 0 Å². The van der Waals surface area contributed by atoms with E-state index in [1.54, 1.807) is 0 Å². The second-order valence-electron chi connectivity index (χ2n) is 4.91. The molecule has 0 amide bonds. The number of hydrogen-bond donors (Lipinski definition) is 0. The molecule has 0 saturated carbocycles. The van der Waals surface area contributed by atoms with Crippen LogP contribution in [0.1, 0.15) is 32.8 Å². The second kappa shape index (κ2) is 6.28. The lowest BCUT2D eigenvalue weighted by Gasteiger charge is -2.24. The maximum atomic E-state index is 8.51. The SMILES string of the molecule is CC(C)(C)OC(CCc1ccccc1)N=[N+]=[N-]. The summed E-state index contributed by atoms with van der Waals surface area (Å²) in [5, 5.41) is 3.68. The van der Waals surface area contributed by atoms with Crippen LogP contribution < -0.4 is 0 Å². The Morgan fingerprint density at radius 1 is 1.29 bits per heavy atom. The predicted octanol–water partition coefficient (Wildman–Crippen LogP) is 4.07. The van der Waals surface area contributed by atoms with E-state index >= 15 is 0 Å². The van der Waals surface area contributed by atoms with Gasteiger partial charge in [0.1, 0.15) is 6.23 Å². The van der Waals surface area contributed by atoms with Crippen molar-refractivity contribution in [2.24, 2.45) is 5.11 Å². The normalized spacial score (nSPS) is 12.9. The summed E-state index contributed by atoms with van der Waals surface area (Å²) in [5.41, 5.74) is 9.44. The standard InChI is InChI=1S/C13H19N3O/c1-13(2,3)17-12(15-16-14)10-9-11-7-5-4-6-8-11/h4-8,12H,9-10H2,1-3H3. The quantitative estimate of drug-likeness (QED) is 0.429. The molecule has 1 atom stereocenters. The van der Waals surface area contributed by atoms with Crippen LogP contribution >= 0.6 is 0 Å². The molecule has 0 aliphatic heterocycles. The molecule has 4 nitrogen and oxygen atoms in total. The monoisotopic (exact) mass is 233 g/mol. The third kappa shape index (κ3) is 5.95. The molecule has 0 aliphatic rings. The van der Waals surface area contributed by atoms with Crippen LogP contribution in [0.5, 0.6) is 0 Å². The van der Waals surface area contributed by atoms with Gasteiger partial charge >= 0.3 is 0 Å². The Morgan fingerprint density at radius 2 is 1.94 bits per heavy atom. The molecule has 0 aromatic heterocycles. The molecular weight excluding hydrogens is 214 g/mol. The first-order valence-electron chi connectivity index (χ1n) is 5.77. The van der Waals surface area contributed by atoms with Crippen molar-refractivity contribution >= 4 is 0 Å². The Morgan fingerprint density at radius 3 is 2.47 bits per heavy atom. The van der Waals surface area contributed by atoms with E-state index in [0.717, 1.165) is 6.42 Å². The molecule has 0 aliphatic carbocycles. The van der Waals surface area contributed by atoms with Crippen molar-refractivity contribution in [3.8, 4) is 0 Å². The van der Waals surface area contributed by atoms with E-state index in [4.69, 9.17) is 10.3 Å². The van der Waals surface area contributed by atoms with Crippen molar-refractivity contribution < 1.29 is 4.74 Å². The Hall–Kier alpha value is -1.51. The summed E-state index contributed by atoms with van der Waals surface area (Å²) in [6.07, 6.45) is 1.14. The molecule has 0 bridgehead atoms. The van der Waals surface area contributed by atoms with Crippen molar-refractivity contribution in [2.45, 2.75) is 45.4 Å². The van der Waals surface area contributed by atoms with E-state index in [9.17, 15) is 0 Å². The van der Waals surface area contributed by atoms with Gasteiger partial charge in [0.05, 0.1) is 5.60 Å². The first-order valence-corrected chi connectivity index (χ1v) is 5.77. The summed E-state index contributed by atoms with van der Waals surface area (Å²) >= 11 is 0. The van der Waals surface area contributed by atoms with Gasteiger partial charge in [-0.05, 0) is 44.7 Å². The molecule has 1 unspecified atom stereocenters. The Kier molecular flexibility index (Phi) is 5.01. The number of nitrogens with zero attached hydrogens (tertiary/aromatic N) is 3. The highest BCUT2D eigenvalue weighted by Gasteiger charge is 2.17. The van der Waals surface area contributed by atoms with Gasteiger partial charge in [-0.2, -0.15) is 0 Å². The molecule has 1 rings (SSSR count). The highest BCUT2D eigenvalue weighted by atomic mass is 16.5. The fourth-order valence-electron chi connectivity index (χ4n) is 1.54.